The van der Waals surface area contributed by atoms with Crippen molar-refractivity contribution in [2.24, 2.45) is 23.5 Å². The molecule has 1 amide bonds. The molecule has 3 N–H and O–H groups in total. The molecule has 146 valence electrons. The predicted molar refractivity (Wildman–Crippen MR) is 102 cm³/mol. The van der Waals surface area contributed by atoms with Gasteiger partial charge in [0.25, 0.3) is 0 Å². The van der Waals surface area contributed by atoms with Gasteiger partial charge in [0.15, 0.2) is 11.5 Å². The first-order valence-corrected chi connectivity index (χ1v) is 8.86. The molecule has 0 aliphatic heterocycles. The topological polar surface area (TPSA) is 82.8 Å². The highest BCUT2D eigenvalue weighted by Gasteiger charge is 2.49. The van der Waals surface area contributed by atoms with E-state index in [9.17, 15) is 4.79 Å². The molecule has 0 aromatic heterocycles. The lowest BCUT2D eigenvalue weighted by Crippen LogP contribution is -2.45. The largest absolute Gasteiger partial charge is 0.493 e. The molecular weight excluding hydrogens is 356 g/mol. The molecule has 5 unspecified atom stereocenters. The van der Waals surface area contributed by atoms with Crippen LogP contribution in [0.5, 0.6) is 17.2 Å². The summed E-state index contributed by atoms with van der Waals surface area (Å²) in [6.07, 6.45) is 3.38. The Labute approximate surface area is 161 Å². The Bertz CT molecular complexity index is 627. The molecule has 3 rings (SSSR count). The molecule has 0 radical (unpaired) electrons. The van der Waals surface area contributed by atoms with Crippen molar-refractivity contribution in [2.75, 3.05) is 21.3 Å². The van der Waals surface area contributed by atoms with Crippen LogP contribution in [0.1, 0.15) is 37.8 Å². The minimum atomic E-state index is -0.174. The fourth-order valence-corrected chi connectivity index (χ4v) is 4.47. The van der Waals surface area contributed by atoms with Gasteiger partial charge < -0.3 is 25.3 Å². The molecule has 5 atom stereocenters. The van der Waals surface area contributed by atoms with Gasteiger partial charge in [-0.3, -0.25) is 4.79 Å². The average Bonchev–Trinajstić information content (AvgIpc) is 3.21. The minimum Gasteiger partial charge on any atom is -0.493 e. The predicted octanol–water partition coefficient (Wildman–Crippen LogP) is 2.68. The average molecular weight is 385 g/mol. The fourth-order valence-electron chi connectivity index (χ4n) is 4.47. The molecule has 0 saturated heterocycles. The number of ether oxygens (including phenoxy) is 3. The van der Waals surface area contributed by atoms with Crippen molar-refractivity contribution in [3.8, 4) is 17.2 Å². The van der Waals surface area contributed by atoms with E-state index in [0.717, 1.165) is 24.8 Å². The Hall–Kier alpha value is -1.66. The third-order valence-electron chi connectivity index (χ3n) is 5.83. The van der Waals surface area contributed by atoms with Crippen molar-refractivity contribution in [2.45, 2.75) is 38.3 Å². The first kappa shape index (κ1) is 20.6. The summed E-state index contributed by atoms with van der Waals surface area (Å²) >= 11 is 0. The van der Waals surface area contributed by atoms with Crippen molar-refractivity contribution >= 4 is 18.3 Å². The maximum absolute atomic E-state index is 12.8. The standard InChI is InChI=1S/C19H28N2O4.ClH/c1-10(13-8-14(23-2)18(25-4)15(9-13)24-3)21-19(22)16-11-5-6-12(7-11)17(16)20;/h8-12,16-17H,5-7,20H2,1-4H3,(H,21,22);1H. The van der Waals surface area contributed by atoms with Gasteiger partial charge in [-0.05, 0) is 55.7 Å². The number of rotatable bonds is 6. The number of halogens is 1. The van der Waals surface area contributed by atoms with Crippen molar-refractivity contribution in [3.63, 3.8) is 0 Å². The van der Waals surface area contributed by atoms with Crippen LogP contribution in [0.15, 0.2) is 12.1 Å². The van der Waals surface area contributed by atoms with Gasteiger partial charge in [0, 0.05) is 6.04 Å². The van der Waals surface area contributed by atoms with E-state index < -0.39 is 0 Å². The van der Waals surface area contributed by atoms with Crippen LogP contribution >= 0.6 is 12.4 Å². The van der Waals surface area contributed by atoms with Crippen LogP contribution in [0.25, 0.3) is 0 Å². The highest BCUT2D eigenvalue weighted by molar-refractivity contribution is 5.85. The van der Waals surface area contributed by atoms with E-state index in [1.54, 1.807) is 21.3 Å². The Morgan fingerprint density at radius 2 is 1.69 bits per heavy atom. The molecule has 6 nitrogen and oxygen atoms in total. The lowest BCUT2D eigenvalue weighted by Gasteiger charge is -2.28. The van der Waals surface area contributed by atoms with Crippen LogP contribution in [0.4, 0.5) is 0 Å². The van der Waals surface area contributed by atoms with Gasteiger partial charge in [-0.1, -0.05) is 0 Å². The van der Waals surface area contributed by atoms with Crippen LogP contribution in [0.2, 0.25) is 0 Å². The zero-order valence-electron chi connectivity index (χ0n) is 15.8. The zero-order chi connectivity index (χ0) is 18.1. The summed E-state index contributed by atoms with van der Waals surface area (Å²) in [6.45, 7) is 1.96. The quantitative estimate of drug-likeness (QED) is 0.787. The van der Waals surface area contributed by atoms with Crippen LogP contribution in [-0.2, 0) is 4.79 Å². The third-order valence-corrected chi connectivity index (χ3v) is 5.83. The monoisotopic (exact) mass is 384 g/mol. The number of nitrogens with two attached hydrogens (primary N) is 1. The van der Waals surface area contributed by atoms with Crippen molar-refractivity contribution in [3.05, 3.63) is 17.7 Å². The summed E-state index contributed by atoms with van der Waals surface area (Å²) in [5.41, 5.74) is 7.19. The number of methoxy groups -OCH3 is 3. The van der Waals surface area contributed by atoms with E-state index in [4.69, 9.17) is 19.9 Å². The molecule has 0 heterocycles. The highest BCUT2D eigenvalue weighted by Crippen LogP contribution is 2.48. The summed E-state index contributed by atoms with van der Waals surface area (Å²) < 4.78 is 16.1. The number of amides is 1. The van der Waals surface area contributed by atoms with Crippen molar-refractivity contribution in [1.29, 1.82) is 0 Å². The van der Waals surface area contributed by atoms with Crippen molar-refractivity contribution < 1.29 is 19.0 Å². The van der Waals surface area contributed by atoms with Crippen molar-refractivity contribution in [1.82, 2.24) is 5.32 Å². The normalized spacial score (nSPS) is 27.4. The van der Waals surface area contributed by atoms with Gasteiger partial charge in [0.1, 0.15) is 0 Å². The number of carbonyl (C=O) groups is 1. The van der Waals surface area contributed by atoms with Crippen LogP contribution < -0.4 is 25.3 Å². The lowest BCUT2D eigenvalue weighted by molar-refractivity contribution is -0.127. The second-order valence-electron chi connectivity index (χ2n) is 7.13. The highest BCUT2D eigenvalue weighted by atomic mass is 35.5. The Morgan fingerprint density at radius 1 is 1.12 bits per heavy atom. The van der Waals surface area contributed by atoms with Gasteiger partial charge in [-0.15, -0.1) is 12.4 Å². The number of carbonyl (C=O) groups excluding carboxylic acids is 1. The summed E-state index contributed by atoms with van der Waals surface area (Å²) in [5, 5.41) is 3.12. The molecule has 7 heteroatoms. The Morgan fingerprint density at radius 3 is 2.15 bits per heavy atom. The first-order chi connectivity index (χ1) is 12.0. The Kier molecular flexibility index (Phi) is 6.64. The van der Waals surface area contributed by atoms with Gasteiger partial charge >= 0.3 is 0 Å². The van der Waals surface area contributed by atoms with E-state index in [-0.39, 0.29) is 36.3 Å². The molecule has 0 spiro atoms. The molecule has 1 aromatic carbocycles. The number of hydrogen-bond donors (Lipinski definition) is 2. The first-order valence-electron chi connectivity index (χ1n) is 8.86. The molecular formula is C19H29ClN2O4. The van der Waals surface area contributed by atoms with Gasteiger partial charge in [-0.25, -0.2) is 0 Å². The number of nitrogens with one attached hydrogen (secondary N) is 1. The van der Waals surface area contributed by atoms with E-state index in [0.29, 0.717) is 29.1 Å². The molecule has 26 heavy (non-hydrogen) atoms. The molecule has 2 saturated carbocycles. The van der Waals surface area contributed by atoms with E-state index in [2.05, 4.69) is 5.32 Å². The fraction of sp³-hybridized carbons (Fsp3) is 0.632. The zero-order valence-corrected chi connectivity index (χ0v) is 16.6. The number of hydrogen-bond acceptors (Lipinski definition) is 5. The second-order valence-corrected chi connectivity index (χ2v) is 7.13. The molecule has 2 aliphatic rings. The summed E-state index contributed by atoms with van der Waals surface area (Å²) in [7, 11) is 4.74. The van der Waals surface area contributed by atoms with Gasteiger partial charge in [0.2, 0.25) is 11.7 Å². The summed E-state index contributed by atoms with van der Waals surface area (Å²) in [6, 6.07) is 3.55. The van der Waals surface area contributed by atoms with Crippen LogP contribution in [-0.4, -0.2) is 33.3 Å². The van der Waals surface area contributed by atoms with Gasteiger partial charge in [0.05, 0.1) is 33.3 Å². The Balaban J connectivity index is 0.00000243. The van der Waals surface area contributed by atoms with E-state index in [1.165, 1.54) is 0 Å². The van der Waals surface area contributed by atoms with E-state index >= 15 is 0 Å². The third kappa shape index (κ3) is 3.58. The molecule has 1 aromatic rings. The molecule has 2 bridgehead atoms. The lowest BCUT2D eigenvalue weighted by atomic mass is 9.84. The van der Waals surface area contributed by atoms with E-state index in [1.807, 2.05) is 19.1 Å². The summed E-state index contributed by atoms with van der Waals surface area (Å²) in [5.74, 6) is 2.64. The number of benzene rings is 1. The molecule has 2 aliphatic carbocycles. The number of fused-ring (bicyclic) bond motifs is 2. The SMILES string of the molecule is COc1cc(C(C)NC(=O)C2C3CCC(C3)C2N)cc(OC)c1OC.Cl. The maximum atomic E-state index is 12.8. The van der Waals surface area contributed by atoms with Crippen LogP contribution in [0.3, 0.4) is 0 Å². The second kappa shape index (κ2) is 8.35. The van der Waals surface area contributed by atoms with Gasteiger partial charge in [-0.2, -0.15) is 0 Å². The smallest absolute Gasteiger partial charge is 0.225 e. The minimum absolute atomic E-state index is 0. The molecule has 2 fully saturated rings. The summed E-state index contributed by atoms with van der Waals surface area (Å²) in [4.78, 5) is 12.8. The van der Waals surface area contributed by atoms with Crippen LogP contribution in [0, 0.1) is 17.8 Å². The maximum Gasteiger partial charge on any atom is 0.225 e.